The molecule has 5 rings (SSSR count). The van der Waals surface area contributed by atoms with Crippen LogP contribution in [-0.2, 0) is 16.1 Å². The highest BCUT2D eigenvalue weighted by molar-refractivity contribution is 7.07. The number of rotatable bonds is 12. The smallest absolute Gasteiger partial charge is 0.265 e. The molecule has 2 aliphatic rings. The molecule has 48 heavy (non-hydrogen) atoms. The average molecular weight is 681 g/mol. The van der Waals surface area contributed by atoms with Crippen molar-refractivity contribution >= 4 is 40.7 Å². The third-order valence-corrected chi connectivity index (χ3v) is 10.4. The molecule has 3 atom stereocenters. The van der Waals surface area contributed by atoms with Gasteiger partial charge in [-0.2, -0.15) is 5.10 Å². The fourth-order valence-corrected chi connectivity index (χ4v) is 7.17. The number of Topliss-reactive ketones (excluding diaryl/α,β-unsaturated/α-hetero) is 1. The second-order valence-electron chi connectivity index (χ2n) is 12.9. The number of carbonyl (C=O) groups excluding carboxylic acids is 4. The summed E-state index contributed by atoms with van der Waals surface area (Å²) in [4.78, 5) is 58.1. The summed E-state index contributed by atoms with van der Waals surface area (Å²) < 4.78 is 21.2. The fraction of sp³-hybridized carbons (Fsp3) is 0.559. The van der Waals surface area contributed by atoms with Gasteiger partial charge in [0.2, 0.25) is 11.8 Å². The number of aryl methyl sites for hydroxylation is 1. The van der Waals surface area contributed by atoms with Crippen molar-refractivity contribution < 1.29 is 23.6 Å². The second kappa shape index (κ2) is 16.4. The summed E-state index contributed by atoms with van der Waals surface area (Å²) in [6, 6.07) is 5.16. The SMILES string of the molecule is CCn1nccc1C(=O)C[C@H](C(=O)Nc1ccc([C@H](C)[C@@H](NC(=O)c2cnns2)C(=O)N2CCN(C)CC2)cc1F)C1CCCCCC1. The summed E-state index contributed by atoms with van der Waals surface area (Å²) in [7, 11) is 1.99. The molecule has 1 aliphatic heterocycles. The van der Waals surface area contributed by atoms with Crippen molar-refractivity contribution in [2.24, 2.45) is 11.8 Å². The maximum absolute atomic E-state index is 15.8. The Bertz CT molecular complexity index is 1560. The lowest BCUT2D eigenvalue weighted by atomic mass is 9.81. The molecule has 258 valence electrons. The van der Waals surface area contributed by atoms with Crippen LogP contribution in [0.4, 0.5) is 10.1 Å². The topological polar surface area (TPSA) is 142 Å². The molecule has 3 heterocycles. The normalized spacial score (nSPS) is 18.0. The van der Waals surface area contributed by atoms with Crippen molar-refractivity contribution in [2.45, 2.75) is 77.3 Å². The quantitative estimate of drug-likeness (QED) is 0.212. The number of ketones is 1. The molecule has 14 heteroatoms. The molecular formula is C34H45FN8O4S. The van der Waals surface area contributed by atoms with Crippen molar-refractivity contribution in [1.29, 1.82) is 0 Å². The lowest BCUT2D eigenvalue weighted by molar-refractivity contribution is -0.135. The zero-order valence-electron chi connectivity index (χ0n) is 27.9. The van der Waals surface area contributed by atoms with Gasteiger partial charge in [-0.25, -0.2) is 4.39 Å². The minimum absolute atomic E-state index is 0.00216. The van der Waals surface area contributed by atoms with Gasteiger partial charge in [-0.05, 0) is 68.0 Å². The number of carbonyl (C=O) groups is 4. The molecule has 0 spiro atoms. The molecule has 0 radical (unpaired) electrons. The van der Waals surface area contributed by atoms with Gasteiger partial charge in [0.15, 0.2) is 5.78 Å². The van der Waals surface area contributed by atoms with Gasteiger partial charge in [0.25, 0.3) is 5.91 Å². The molecule has 3 aromatic rings. The predicted molar refractivity (Wildman–Crippen MR) is 180 cm³/mol. The first-order valence-corrected chi connectivity index (χ1v) is 17.6. The Morgan fingerprint density at radius 3 is 2.42 bits per heavy atom. The van der Waals surface area contributed by atoms with Crippen LogP contribution in [0.5, 0.6) is 0 Å². The number of nitrogens with one attached hydrogen (secondary N) is 2. The van der Waals surface area contributed by atoms with Crippen molar-refractivity contribution in [3.8, 4) is 0 Å². The summed E-state index contributed by atoms with van der Waals surface area (Å²) in [6.07, 6.45) is 8.77. The van der Waals surface area contributed by atoms with Crippen LogP contribution in [0, 0.1) is 17.7 Å². The molecule has 0 unspecified atom stereocenters. The lowest BCUT2D eigenvalue weighted by Gasteiger charge is -2.36. The molecule has 1 saturated heterocycles. The summed E-state index contributed by atoms with van der Waals surface area (Å²) in [6.45, 7) is 6.66. The molecule has 2 aromatic heterocycles. The summed E-state index contributed by atoms with van der Waals surface area (Å²) >= 11 is 0.926. The van der Waals surface area contributed by atoms with Crippen LogP contribution in [0.25, 0.3) is 0 Å². The number of aromatic nitrogens is 4. The van der Waals surface area contributed by atoms with E-state index in [-0.39, 0.29) is 40.5 Å². The number of amides is 3. The van der Waals surface area contributed by atoms with Gasteiger partial charge in [-0.3, -0.25) is 23.9 Å². The summed E-state index contributed by atoms with van der Waals surface area (Å²) in [5.41, 5.74) is 0.958. The number of nitrogens with zero attached hydrogens (tertiary/aromatic N) is 6. The highest BCUT2D eigenvalue weighted by Crippen LogP contribution is 2.33. The number of hydrogen-bond acceptors (Lipinski definition) is 9. The molecule has 2 fully saturated rings. The Morgan fingerprint density at radius 2 is 1.77 bits per heavy atom. The van der Waals surface area contributed by atoms with Gasteiger partial charge in [-0.1, -0.05) is 43.2 Å². The molecule has 1 saturated carbocycles. The van der Waals surface area contributed by atoms with E-state index < -0.39 is 29.6 Å². The van der Waals surface area contributed by atoms with Gasteiger partial charge in [0, 0.05) is 57.2 Å². The van der Waals surface area contributed by atoms with E-state index in [0.29, 0.717) is 44.0 Å². The first kappa shape index (κ1) is 35.3. The molecule has 12 nitrogen and oxygen atoms in total. The third-order valence-electron chi connectivity index (χ3n) is 9.74. The second-order valence-corrected chi connectivity index (χ2v) is 13.7. The van der Waals surface area contributed by atoms with E-state index in [1.54, 1.807) is 34.8 Å². The number of hydrogen-bond donors (Lipinski definition) is 2. The Labute approximate surface area is 284 Å². The van der Waals surface area contributed by atoms with E-state index >= 15 is 4.39 Å². The van der Waals surface area contributed by atoms with Gasteiger partial charge < -0.3 is 20.4 Å². The van der Waals surface area contributed by atoms with Gasteiger partial charge in [0.1, 0.15) is 22.4 Å². The van der Waals surface area contributed by atoms with Crippen molar-refractivity contribution in [2.75, 3.05) is 38.5 Å². The van der Waals surface area contributed by atoms with Crippen LogP contribution in [0.3, 0.4) is 0 Å². The summed E-state index contributed by atoms with van der Waals surface area (Å²) in [5.74, 6) is -3.13. The van der Waals surface area contributed by atoms with E-state index in [4.69, 9.17) is 0 Å². The van der Waals surface area contributed by atoms with Crippen LogP contribution in [0.1, 0.15) is 90.4 Å². The Hall–Kier alpha value is -4.04. The highest BCUT2D eigenvalue weighted by Gasteiger charge is 2.35. The van der Waals surface area contributed by atoms with Crippen LogP contribution in [0.15, 0.2) is 36.7 Å². The molecule has 1 aliphatic carbocycles. The molecular weight excluding hydrogens is 635 g/mol. The standard InChI is InChI=1S/C34H45FN8O4S/c1-4-43-28(13-14-37-43)29(44)20-25(23-9-7-5-6-8-10-23)32(45)38-27-12-11-24(19-26(27)35)22(2)31(39-33(46)30-21-36-40-48-30)34(47)42-17-15-41(3)16-18-42/h11-14,19,21-23,25,31H,4-10,15-18,20H2,1-3H3,(H,38,45)(H,39,46)/t22-,25-,31+/m0/s1. The maximum atomic E-state index is 15.8. The third kappa shape index (κ3) is 8.51. The van der Waals surface area contributed by atoms with Crippen LogP contribution >= 0.6 is 11.5 Å². The van der Waals surface area contributed by atoms with E-state index in [9.17, 15) is 19.2 Å². The van der Waals surface area contributed by atoms with E-state index in [2.05, 4.69) is 30.2 Å². The van der Waals surface area contributed by atoms with Gasteiger partial charge >= 0.3 is 0 Å². The first-order valence-electron chi connectivity index (χ1n) is 16.9. The van der Waals surface area contributed by atoms with Crippen LogP contribution < -0.4 is 10.6 Å². The van der Waals surface area contributed by atoms with Crippen molar-refractivity contribution in [3.63, 3.8) is 0 Å². The zero-order valence-corrected chi connectivity index (χ0v) is 28.7. The van der Waals surface area contributed by atoms with Crippen molar-refractivity contribution in [1.82, 2.24) is 34.5 Å². The monoisotopic (exact) mass is 680 g/mol. The number of likely N-dealkylation sites (N-methyl/N-ethyl adjacent to an activating group) is 1. The van der Waals surface area contributed by atoms with Crippen LogP contribution in [0.2, 0.25) is 0 Å². The Kier molecular flexibility index (Phi) is 12.0. The van der Waals surface area contributed by atoms with E-state index in [1.165, 1.54) is 18.3 Å². The Balaban J connectivity index is 1.34. The van der Waals surface area contributed by atoms with Crippen molar-refractivity contribution in [3.05, 3.63) is 58.6 Å². The summed E-state index contributed by atoms with van der Waals surface area (Å²) in [5, 5.41) is 13.6. The first-order chi connectivity index (χ1) is 23.2. The van der Waals surface area contributed by atoms with Gasteiger partial charge in [0.05, 0.1) is 11.9 Å². The zero-order chi connectivity index (χ0) is 34.2. The van der Waals surface area contributed by atoms with E-state index in [1.807, 2.05) is 14.0 Å². The molecule has 1 aromatic carbocycles. The number of benzene rings is 1. The maximum Gasteiger partial charge on any atom is 0.265 e. The highest BCUT2D eigenvalue weighted by atomic mass is 32.1. The lowest BCUT2D eigenvalue weighted by Crippen LogP contribution is -2.55. The number of piperazine rings is 1. The predicted octanol–water partition coefficient (Wildman–Crippen LogP) is 4.37. The van der Waals surface area contributed by atoms with Crippen LogP contribution in [-0.4, -0.2) is 91.9 Å². The molecule has 3 amide bonds. The number of anilines is 1. The van der Waals surface area contributed by atoms with E-state index in [0.717, 1.165) is 50.1 Å². The minimum Gasteiger partial charge on any atom is -0.339 e. The molecule has 2 N–H and O–H groups in total. The minimum atomic E-state index is -0.968. The largest absolute Gasteiger partial charge is 0.339 e. The Morgan fingerprint density at radius 1 is 1.04 bits per heavy atom. The molecule has 0 bridgehead atoms. The fourth-order valence-electron chi connectivity index (χ4n) is 6.75. The van der Waals surface area contributed by atoms with Gasteiger partial charge in [-0.15, -0.1) is 5.10 Å². The average Bonchev–Trinajstić information content (AvgIpc) is 3.74. The number of halogens is 1.